The van der Waals surface area contributed by atoms with Gasteiger partial charge in [0.1, 0.15) is 0 Å². The molecule has 0 aliphatic rings. The third-order valence-corrected chi connectivity index (χ3v) is 2.92. The number of nitrogens with zero attached hydrogens (tertiary/aromatic N) is 1. The summed E-state index contributed by atoms with van der Waals surface area (Å²) >= 11 is 1.55. The maximum atomic E-state index is 10.8. The Labute approximate surface area is 99.0 Å². The van der Waals surface area contributed by atoms with E-state index < -0.39 is 5.97 Å². The monoisotopic (exact) mass is 241 g/mol. The molecule has 0 bridgehead atoms. The summed E-state index contributed by atoms with van der Waals surface area (Å²) in [6.45, 7) is 2.51. The van der Waals surface area contributed by atoms with Gasteiger partial charge in [-0.2, -0.15) is 0 Å². The van der Waals surface area contributed by atoms with Crippen LogP contribution in [0.15, 0.2) is 17.2 Å². The Balaban J connectivity index is 2.62. The van der Waals surface area contributed by atoms with E-state index in [0.29, 0.717) is 12.2 Å². The molecule has 16 heavy (non-hydrogen) atoms. The summed E-state index contributed by atoms with van der Waals surface area (Å²) < 4.78 is 4.94. The quantitative estimate of drug-likeness (QED) is 0.611. The van der Waals surface area contributed by atoms with Gasteiger partial charge in [-0.3, -0.25) is 0 Å². The number of ether oxygens (including phenoxy) is 1. The molecular weight excluding hydrogens is 226 g/mol. The van der Waals surface area contributed by atoms with Crippen LogP contribution in [0.3, 0.4) is 0 Å². The molecule has 1 N–H and O–H groups in total. The highest BCUT2D eigenvalue weighted by molar-refractivity contribution is 7.99. The van der Waals surface area contributed by atoms with E-state index in [4.69, 9.17) is 9.84 Å². The molecule has 1 heterocycles. The Kier molecular flexibility index (Phi) is 5.28. The van der Waals surface area contributed by atoms with Crippen LogP contribution in [0.5, 0.6) is 0 Å². The topological polar surface area (TPSA) is 59.4 Å². The van der Waals surface area contributed by atoms with Gasteiger partial charge >= 0.3 is 5.97 Å². The van der Waals surface area contributed by atoms with Crippen molar-refractivity contribution < 1.29 is 14.6 Å². The average molecular weight is 241 g/mol. The molecule has 0 spiro atoms. The van der Waals surface area contributed by atoms with Gasteiger partial charge in [-0.1, -0.05) is 0 Å². The highest BCUT2D eigenvalue weighted by Gasteiger charge is 2.06. The van der Waals surface area contributed by atoms with Crippen LogP contribution in [0.25, 0.3) is 0 Å². The number of aryl methyl sites for hydroxylation is 1. The average Bonchev–Trinajstić information content (AvgIpc) is 2.23. The van der Waals surface area contributed by atoms with Crippen LogP contribution in [0.2, 0.25) is 0 Å². The third kappa shape index (κ3) is 4.20. The Morgan fingerprint density at radius 3 is 2.94 bits per heavy atom. The van der Waals surface area contributed by atoms with Crippen LogP contribution >= 0.6 is 11.8 Å². The summed E-state index contributed by atoms with van der Waals surface area (Å²) in [5.74, 6) is -0.0344. The fraction of sp³-hybridized carbons (Fsp3) is 0.455. The van der Waals surface area contributed by atoms with Crippen molar-refractivity contribution in [2.75, 3.05) is 19.5 Å². The summed E-state index contributed by atoms with van der Waals surface area (Å²) in [4.78, 5) is 15.1. The zero-order valence-electron chi connectivity index (χ0n) is 9.40. The van der Waals surface area contributed by atoms with E-state index in [1.807, 2.05) is 0 Å². The molecule has 1 aromatic heterocycles. The lowest BCUT2D eigenvalue weighted by Crippen LogP contribution is -1.99. The second kappa shape index (κ2) is 6.50. The molecule has 0 atom stereocenters. The predicted molar refractivity (Wildman–Crippen MR) is 63.2 cm³/mol. The zero-order chi connectivity index (χ0) is 12.0. The van der Waals surface area contributed by atoms with Crippen LogP contribution in [-0.2, 0) is 4.74 Å². The molecule has 0 aliphatic heterocycles. The number of methoxy groups -OCH3 is 1. The van der Waals surface area contributed by atoms with Crippen LogP contribution in [0, 0.1) is 6.92 Å². The molecule has 4 nitrogen and oxygen atoms in total. The molecule has 0 unspecified atom stereocenters. The molecule has 0 amide bonds. The molecule has 0 radical (unpaired) electrons. The number of rotatable bonds is 6. The van der Waals surface area contributed by atoms with Gasteiger partial charge in [-0.25, -0.2) is 9.78 Å². The van der Waals surface area contributed by atoms with Crippen LogP contribution in [0.4, 0.5) is 0 Å². The normalized spacial score (nSPS) is 10.4. The summed E-state index contributed by atoms with van der Waals surface area (Å²) in [7, 11) is 1.66. The summed E-state index contributed by atoms with van der Waals surface area (Å²) in [6, 6.07) is 3.17. The van der Waals surface area contributed by atoms with Crippen molar-refractivity contribution in [2.45, 2.75) is 18.4 Å². The van der Waals surface area contributed by atoms with Gasteiger partial charge in [0.25, 0.3) is 0 Å². The summed E-state index contributed by atoms with van der Waals surface area (Å²) in [5, 5.41) is 9.64. The fourth-order valence-electron chi connectivity index (χ4n) is 1.22. The maximum Gasteiger partial charge on any atom is 0.335 e. The summed E-state index contributed by atoms with van der Waals surface area (Å²) in [6.07, 6.45) is 0.930. The Morgan fingerprint density at radius 1 is 1.56 bits per heavy atom. The molecule has 1 aromatic rings. The van der Waals surface area contributed by atoms with Crippen molar-refractivity contribution in [3.8, 4) is 0 Å². The van der Waals surface area contributed by atoms with E-state index in [-0.39, 0.29) is 0 Å². The molecule has 0 saturated heterocycles. The van der Waals surface area contributed by atoms with E-state index in [0.717, 1.165) is 22.9 Å². The number of carbonyl (C=O) groups is 1. The van der Waals surface area contributed by atoms with Gasteiger partial charge in [0, 0.05) is 25.2 Å². The number of pyridine rings is 1. The minimum absolute atomic E-state index is 0.293. The first kappa shape index (κ1) is 13.0. The molecule has 0 fully saturated rings. The van der Waals surface area contributed by atoms with E-state index in [2.05, 4.69) is 4.98 Å². The minimum Gasteiger partial charge on any atom is -0.478 e. The van der Waals surface area contributed by atoms with Crippen molar-refractivity contribution in [3.05, 3.63) is 23.4 Å². The Bertz CT molecular complexity index is 368. The number of thioether (sulfide) groups is 1. The number of carboxylic acid groups (broad SMARTS) is 1. The lowest BCUT2D eigenvalue weighted by Gasteiger charge is -2.03. The van der Waals surface area contributed by atoms with Crippen LogP contribution < -0.4 is 0 Å². The predicted octanol–water partition coefficient (Wildman–Crippen LogP) is 2.22. The van der Waals surface area contributed by atoms with E-state index >= 15 is 0 Å². The molecule has 88 valence electrons. The molecule has 1 rings (SSSR count). The first-order valence-corrected chi connectivity index (χ1v) is 5.95. The van der Waals surface area contributed by atoms with Gasteiger partial charge in [-0.05, 0) is 25.5 Å². The van der Waals surface area contributed by atoms with Gasteiger partial charge in [0.15, 0.2) is 0 Å². The molecule has 0 aromatic carbocycles. The number of hydrogen-bond donors (Lipinski definition) is 1. The number of carboxylic acids is 1. The standard InChI is InChI=1S/C11H15NO3S/c1-8-6-9(11(13)14)7-10(12-8)16-5-3-4-15-2/h6-7H,3-5H2,1-2H3,(H,13,14). The molecule has 0 saturated carbocycles. The smallest absolute Gasteiger partial charge is 0.335 e. The lowest BCUT2D eigenvalue weighted by atomic mass is 10.2. The third-order valence-electron chi connectivity index (χ3n) is 1.92. The first-order chi connectivity index (χ1) is 7.63. The van der Waals surface area contributed by atoms with Gasteiger partial charge < -0.3 is 9.84 Å². The molecule has 0 aliphatic carbocycles. The van der Waals surface area contributed by atoms with E-state index in [1.54, 1.807) is 37.9 Å². The number of aromatic nitrogens is 1. The lowest BCUT2D eigenvalue weighted by molar-refractivity contribution is 0.0696. The molecule has 5 heteroatoms. The van der Waals surface area contributed by atoms with Gasteiger partial charge in [0.2, 0.25) is 0 Å². The number of hydrogen-bond acceptors (Lipinski definition) is 4. The van der Waals surface area contributed by atoms with Crippen LogP contribution in [0.1, 0.15) is 22.5 Å². The van der Waals surface area contributed by atoms with Crippen molar-refractivity contribution in [1.29, 1.82) is 0 Å². The van der Waals surface area contributed by atoms with Crippen molar-refractivity contribution in [2.24, 2.45) is 0 Å². The number of aromatic carboxylic acids is 1. The minimum atomic E-state index is -0.913. The highest BCUT2D eigenvalue weighted by Crippen LogP contribution is 2.18. The fourth-order valence-corrected chi connectivity index (χ4v) is 2.11. The first-order valence-electron chi connectivity index (χ1n) is 4.97. The van der Waals surface area contributed by atoms with E-state index in [1.165, 1.54) is 0 Å². The van der Waals surface area contributed by atoms with E-state index in [9.17, 15) is 4.79 Å². The van der Waals surface area contributed by atoms with Crippen molar-refractivity contribution >= 4 is 17.7 Å². The highest BCUT2D eigenvalue weighted by atomic mass is 32.2. The summed E-state index contributed by atoms with van der Waals surface area (Å²) in [5.41, 5.74) is 1.02. The van der Waals surface area contributed by atoms with Gasteiger partial charge in [-0.15, -0.1) is 11.8 Å². The second-order valence-electron chi connectivity index (χ2n) is 3.34. The van der Waals surface area contributed by atoms with Gasteiger partial charge in [0.05, 0.1) is 10.6 Å². The maximum absolute atomic E-state index is 10.8. The Hall–Kier alpha value is -1.07. The SMILES string of the molecule is COCCCSc1cc(C(=O)O)cc(C)n1. The largest absolute Gasteiger partial charge is 0.478 e. The molecular formula is C11H15NO3S. The van der Waals surface area contributed by atoms with Crippen LogP contribution in [-0.4, -0.2) is 35.5 Å². The Morgan fingerprint density at radius 2 is 2.31 bits per heavy atom. The van der Waals surface area contributed by atoms with Crippen molar-refractivity contribution in [1.82, 2.24) is 4.98 Å². The second-order valence-corrected chi connectivity index (χ2v) is 4.45. The zero-order valence-corrected chi connectivity index (χ0v) is 10.2. The van der Waals surface area contributed by atoms with Crippen molar-refractivity contribution in [3.63, 3.8) is 0 Å².